The van der Waals surface area contributed by atoms with Crippen molar-refractivity contribution in [2.24, 2.45) is 0 Å². The number of nitrogens with zero attached hydrogens (tertiary/aromatic N) is 3. The molecule has 4 N–H and O–H groups in total. The number of ether oxygens (including phenoxy) is 1. The maximum Gasteiger partial charge on any atom is 0.318 e. The molecule has 6 rings (SSSR count). The van der Waals surface area contributed by atoms with Gasteiger partial charge in [0.1, 0.15) is 17.2 Å². The summed E-state index contributed by atoms with van der Waals surface area (Å²) in [6.07, 6.45) is 3.03. The topological polar surface area (TPSA) is 111 Å². The van der Waals surface area contributed by atoms with Gasteiger partial charge in [-0.25, -0.2) is 13.8 Å². The average Bonchev–Trinajstić information content (AvgIpc) is 3.47. The van der Waals surface area contributed by atoms with Crippen LogP contribution in [0.15, 0.2) is 41.2 Å². The van der Waals surface area contributed by atoms with Crippen molar-refractivity contribution in [3.05, 3.63) is 48.4 Å². The lowest BCUT2D eigenvalue weighted by Gasteiger charge is -2.29. The van der Waals surface area contributed by atoms with Crippen molar-refractivity contribution in [3.8, 4) is 28.3 Å². The Balaban J connectivity index is 1.70. The largest absolute Gasteiger partial charge is 0.472 e. The fourth-order valence-electron chi connectivity index (χ4n) is 4.09. The van der Waals surface area contributed by atoms with Gasteiger partial charge >= 0.3 is 6.01 Å². The molecule has 5 aromatic rings. The van der Waals surface area contributed by atoms with Crippen molar-refractivity contribution >= 4 is 43.4 Å². The van der Waals surface area contributed by atoms with E-state index < -0.39 is 11.6 Å². The maximum atomic E-state index is 16.4. The SMILES string of the molecule is COc1nc(NC2CNC2)c2cc(-c3ccoc3)c(-c3ccc(F)c4sc(N)nc34)c(F)c2n1. The molecule has 2 aromatic carbocycles. The van der Waals surface area contributed by atoms with Crippen LogP contribution in [0.2, 0.25) is 0 Å². The fourth-order valence-corrected chi connectivity index (χ4v) is 4.86. The van der Waals surface area contributed by atoms with Crippen LogP contribution in [-0.2, 0) is 0 Å². The first-order valence-corrected chi connectivity index (χ1v) is 11.3. The van der Waals surface area contributed by atoms with Gasteiger partial charge in [-0.1, -0.05) is 11.3 Å². The Morgan fingerprint density at radius 2 is 2.00 bits per heavy atom. The minimum Gasteiger partial charge on any atom is -0.472 e. The van der Waals surface area contributed by atoms with Crippen LogP contribution in [0.3, 0.4) is 0 Å². The van der Waals surface area contributed by atoms with Crippen molar-refractivity contribution in [2.75, 3.05) is 31.2 Å². The number of rotatable bonds is 5. The molecule has 4 heterocycles. The van der Waals surface area contributed by atoms with E-state index in [1.807, 2.05) is 0 Å². The van der Waals surface area contributed by atoms with Gasteiger partial charge in [-0.3, -0.25) is 0 Å². The van der Waals surface area contributed by atoms with Crippen LogP contribution in [0.4, 0.5) is 19.7 Å². The molecular weight excluding hydrogens is 462 g/mol. The molecular formula is C23H18F2N6O2S. The number of halogens is 2. The Labute approximate surface area is 195 Å². The van der Waals surface area contributed by atoms with E-state index in [0.717, 1.165) is 24.4 Å². The van der Waals surface area contributed by atoms with Crippen molar-refractivity contribution in [1.29, 1.82) is 0 Å². The Bertz CT molecular complexity index is 1550. The molecule has 1 fully saturated rings. The second-order valence-corrected chi connectivity index (χ2v) is 8.94. The third-order valence-electron chi connectivity index (χ3n) is 5.83. The summed E-state index contributed by atoms with van der Waals surface area (Å²) >= 11 is 1.01. The number of aromatic nitrogens is 3. The van der Waals surface area contributed by atoms with E-state index in [0.29, 0.717) is 27.9 Å². The maximum absolute atomic E-state index is 16.4. The Morgan fingerprint density at radius 1 is 1.15 bits per heavy atom. The molecule has 0 saturated carbocycles. The van der Waals surface area contributed by atoms with E-state index in [9.17, 15) is 4.39 Å². The lowest BCUT2D eigenvalue weighted by Crippen LogP contribution is -2.51. The normalized spacial score (nSPS) is 14.0. The Kier molecular flexibility index (Phi) is 4.82. The molecule has 11 heteroatoms. The molecule has 3 aromatic heterocycles. The van der Waals surface area contributed by atoms with Gasteiger partial charge in [0.05, 0.1) is 35.9 Å². The van der Waals surface area contributed by atoms with Gasteiger partial charge in [0.15, 0.2) is 10.9 Å². The summed E-state index contributed by atoms with van der Waals surface area (Å²) in [5.74, 6) is -0.613. The number of hydrogen-bond donors (Lipinski definition) is 3. The molecule has 1 aliphatic heterocycles. The summed E-state index contributed by atoms with van der Waals surface area (Å²) in [6.45, 7) is 1.53. The van der Waals surface area contributed by atoms with Gasteiger partial charge in [0, 0.05) is 35.2 Å². The smallest absolute Gasteiger partial charge is 0.318 e. The van der Waals surface area contributed by atoms with Crippen molar-refractivity contribution in [1.82, 2.24) is 20.3 Å². The Morgan fingerprint density at radius 3 is 2.71 bits per heavy atom. The third kappa shape index (κ3) is 3.24. The number of thiazole rings is 1. The second-order valence-electron chi connectivity index (χ2n) is 7.90. The molecule has 0 spiro atoms. The lowest BCUT2D eigenvalue weighted by atomic mass is 9.92. The van der Waals surface area contributed by atoms with Crippen LogP contribution in [0.1, 0.15) is 0 Å². The van der Waals surface area contributed by atoms with Crippen molar-refractivity contribution in [3.63, 3.8) is 0 Å². The summed E-state index contributed by atoms with van der Waals surface area (Å²) in [4.78, 5) is 13.0. The first-order chi connectivity index (χ1) is 16.5. The van der Waals surface area contributed by atoms with Crippen LogP contribution in [0, 0.1) is 11.6 Å². The second kappa shape index (κ2) is 7.89. The minimum absolute atomic E-state index is 0.0327. The molecule has 34 heavy (non-hydrogen) atoms. The number of methoxy groups -OCH3 is 1. The molecule has 1 aliphatic rings. The van der Waals surface area contributed by atoms with Crippen molar-refractivity contribution < 1.29 is 17.9 Å². The molecule has 8 nitrogen and oxygen atoms in total. The lowest BCUT2D eigenvalue weighted by molar-refractivity contribution is 0.381. The predicted molar refractivity (Wildman–Crippen MR) is 127 cm³/mol. The highest BCUT2D eigenvalue weighted by Gasteiger charge is 2.26. The van der Waals surface area contributed by atoms with Gasteiger partial charge in [-0.05, 0) is 29.8 Å². The minimum atomic E-state index is -0.608. The zero-order chi connectivity index (χ0) is 23.4. The highest BCUT2D eigenvalue weighted by molar-refractivity contribution is 7.22. The quantitative estimate of drug-likeness (QED) is 0.339. The third-order valence-corrected chi connectivity index (χ3v) is 6.72. The van der Waals surface area contributed by atoms with E-state index in [4.69, 9.17) is 14.9 Å². The summed E-state index contributed by atoms with van der Waals surface area (Å²) in [6, 6.07) is 6.51. The number of benzene rings is 2. The van der Waals surface area contributed by atoms with Gasteiger partial charge in [-0.2, -0.15) is 9.97 Å². The number of fused-ring (bicyclic) bond motifs is 2. The summed E-state index contributed by atoms with van der Waals surface area (Å²) < 4.78 is 41.7. The first kappa shape index (κ1) is 20.8. The molecule has 0 unspecified atom stereocenters. The summed E-state index contributed by atoms with van der Waals surface area (Å²) in [5, 5.41) is 7.20. The monoisotopic (exact) mass is 480 g/mol. The fraction of sp³-hybridized carbons (Fsp3) is 0.174. The van der Waals surface area contributed by atoms with E-state index in [1.54, 1.807) is 12.1 Å². The van der Waals surface area contributed by atoms with Crippen LogP contribution in [-0.4, -0.2) is 41.2 Å². The molecule has 0 bridgehead atoms. The zero-order valence-electron chi connectivity index (χ0n) is 17.9. The number of hydrogen-bond acceptors (Lipinski definition) is 9. The van der Waals surface area contributed by atoms with E-state index >= 15 is 4.39 Å². The molecule has 0 radical (unpaired) electrons. The van der Waals surface area contributed by atoms with Gasteiger partial charge in [0.2, 0.25) is 0 Å². The van der Waals surface area contributed by atoms with E-state index in [-0.39, 0.29) is 38.5 Å². The molecule has 0 atom stereocenters. The van der Waals surface area contributed by atoms with Crippen LogP contribution < -0.4 is 21.1 Å². The molecule has 0 amide bonds. The van der Waals surface area contributed by atoms with Crippen LogP contribution >= 0.6 is 11.3 Å². The molecule has 172 valence electrons. The number of anilines is 2. The Hall–Kier alpha value is -3.83. The first-order valence-electron chi connectivity index (χ1n) is 10.5. The predicted octanol–water partition coefficient (Wildman–Crippen LogP) is 4.42. The zero-order valence-corrected chi connectivity index (χ0v) is 18.7. The van der Waals surface area contributed by atoms with Crippen molar-refractivity contribution in [2.45, 2.75) is 6.04 Å². The highest BCUT2D eigenvalue weighted by atomic mass is 32.1. The highest BCUT2D eigenvalue weighted by Crippen LogP contribution is 2.44. The molecule has 1 saturated heterocycles. The van der Waals surface area contributed by atoms with Gasteiger partial charge in [0.25, 0.3) is 0 Å². The summed E-state index contributed by atoms with van der Waals surface area (Å²) in [5.41, 5.74) is 8.01. The number of nitrogen functional groups attached to an aromatic ring is 1. The standard InChI is InChI=1S/C23H18F2N6O2S/c1-32-23-30-18-14(21(31-23)28-11-7-27-8-11)6-13(10-4-5-33-9-10)16(17(18)25)12-2-3-15(24)20-19(12)29-22(26)34-20/h2-6,9,11,27H,7-8H2,1H3,(H2,26,29)(H,28,30,31). The van der Waals surface area contributed by atoms with Gasteiger partial charge < -0.3 is 25.5 Å². The van der Waals surface area contributed by atoms with Gasteiger partial charge in [-0.15, -0.1) is 0 Å². The number of nitrogens with two attached hydrogens (primary N) is 1. The van der Waals surface area contributed by atoms with E-state index in [2.05, 4.69) is 25.6 Å². The van der Waals surface area contributed by atoms with Crippen LogP contribution in [0.5, 0.6) is 6.01 Å². The van der Waals surface area contributed by atoms with Crippen LogP contribution in [0.25, 0.3) is 43.4 Å². The average molecular weight is 481 g/mol. The summed E-state index contributed by atoms with van der Waals surface area (Å²) in [7, 11) is 1.43. The number of nitrogens with one attached hydrogen (secondary N) is 2. The molecule has 0 aliphatic carbocycles. The number of furan rings is 1. The van der Waals surface area contributed by atoms with E-state index in [1.165, 1.54) is 31.8 Å².